The summed E-state index contributed by atoms with van der Waals surface area (Å²) in [4.78, 5) is 28.6. The molecular weight excluding hydrogens is 370 g/mol. The summed E-state index contributed by atoms with van der Waals surface area (Å²) in [5.74, 6) is 0.218. The lowest BCUT2D eigenvalue weighted by molar-refractivity contribution is -0.117. The zero-order valence-electron chi connectivity index (χ0n) is 17.3. The van der Waals surface area contributed by atoms with Crippen molar-refractivity contribution in [3.8, 4) is 0 Å². The Morgan fingerprint density at radius 2 is 1.80 bits per heavy atom. The second-order valence-corrected chi connectivity index (χ2v) is 8.17. The van der Waals surface area contributed by atoms with E-state index in [1.165, 1.54) is 0 Å². The number of aryl methyl sites for hydroxylation is 1. The van der Waals surface area contributed by atoms with Crippen LogP contribution in [0, 0.1) is 0 Å². The van der Waals surface area contributed by atoms with Crippen molar-refractivity contribution in [3.63, 3.8) is 0 Å². The largest absolute Gasteiger partial charge is 0.300 e. The molecule has 0 fully saturated rings. The van der Waals surface area contributed by atoms with Crippen molar-refractivity contribution < 1.29 is 9.59 Å². The first kappa shape index (κ1) is 20.0. The molecule has 2 aromatic rings. The summed E-state index contributed by atoms with van der Waals surface area (Å²) in [7, 11) is 0. The van der Waals surface area contributed by atoms with E-state index >= 15 is 0 Å². The molecule has 150 valence electrons. The van der Waals surface area contributed by atoms with Gasteiger partial charge in [-0.25, -0.2) is 0 Å². The third kappa shape index (κ3) is 4.02. The summed E-state index contributed by atoms with van der Waals surface area (Å²) < 4.78 is 0. The van der Waals surface area contributed by atoms with Crippen molar-refractivity contribution in [3.05, 3.63) is 107 Å². The van der Waals surface area contributed by atoms with Crippen LogP contribution in [0.25, 0.3) is 0 Å². The molecule has 0 spiro atoms. The molecule has 0 saturated carbocycles. The van der Waals surface area contributed by atoms with Gasteiger partial charge in [0, 0.05) is 23.6 Å². The molecule has 0 bridgehead atoms. The van der Waals surface area contributed by atoms with E-state index in [0.717, 1.165) is 28.7 Å². The molecule has 2 aliphatic rings. The molecule has 1 heterocycles. The predicted molar refractivity (Wildman–Crippen MR) is 121 cm³/mol. The molecule has 3 nitrogen and oxygen atoms in total. The number of ketones is 2. The summed E-state index contributed by atoms with van der Waals surface area (Å²) in [5, 5.41) is 0. The van der Waals surface area contributed by atoms with Crippen molar-refractivity contribution >= 4 is 17.8 Å². The Hall–Kier alpha value is -3.33. The Balaban J connectivity index is 1.63. The first-order valence-electron chi connectivity index (χ1n) is 10.3. The molecule has 0 amide bonds. The van der Waals surface area contributed by atoms with Gasteiger partial charge in [-0.2, -0.15) is 0 Å². The molecule has 0 saturated heterocycles. The average molecular weight is 396 g/mol. The average Bonchev–Trinajstić information content (AvgIpc) is 3.25. The lowest BCUT2D eigenvalue weighted by Crippen LogP contribution is -2.23. The Bertz CT molecular complexity index is 1090. The highest BCUT2D eigenvalue weighted by molar-refractivity contribution is 6.10. The summed E-state index contributed by atoms with van der Waals surface area (Å²) >= 11 is 0. The van der Waals surface area contributed by atoms with E-state index in [0.29, 0.717) is 12.0 Å². The van der Waals surface area contributed by atoms with E-state index in [9.17, 15) is 9.59 Å². The SMILES string of the molecule is CC(=O)CCc1ccc(C2(C)C=CC(=O)C(C3=CC=NC3c3ccccc3)=C2)cc1. The topological polar surface area (TPSA) is 46.5 Å². The van der Waals surface area contributed by atoms with Gasteiger partial charge in [-0.1, -0.05) is 66.7 Å². The number of aliphatic imine (C=N–C) groups is 1. The van der Waals surface area contributed by atoms with Crippen molar-refractivity contribution in [2.24, 2.45) is 4.99 Å². The van der Waals surface area contributed by atoms with Crippen LogP contribution in [0.3, 0.4) is 0 Å². The van der Waals surface area contributed by atoms with E-state index < -0.39 is 0 Å². The molecule has 0 N–H and O–H groups in total. The Morgan fingerprint density at radius 1 is 1.07 bits per heavy atom. The van der Waals surface area contributed by atoms with E-state index in [2.05, 4.69) is 42.3 Å². The minimum absolute atomic E-state index is 0.0169. The summed E-state index contributed by atoms with van der Waals surface area (Å²) in [6.45, 7) is 3.74. The normalized spacial score (nSPS) is 22.7. The number of benzene rings is 2. The summed E-state index contributed by atoms with van der Waals surface area (Å²) in [6, 6.07) is 18.3. The van der Waals surface area contributed by atoms with Crippen molar-refractivity contribution in [2.75, 3.05) is 0 Å². The van der Waals surface area contributed by atoms with Gasteiger partial charge >= 0.3 is 0 Å². The number of hydrogen-bond donors (Lipinski definition) is 0. The van der Waals surface area contributed by atoms with Gasteiger partial charge in [0.1, 0.15) is 11.8 Å². The fraction of sp³-hybridized carbons (Fsp3) is 0.222. The van der Waals surface area contributed by atoms with Gasteiger partial charge in [0.05, 0.1) is 0 Å². The van der Waals surface area contributed by atoms with E-state index in [-0.39, 0.29) is 23.0 Å². The van der Waals surface area contributed by atoms with Crippen LogP contribution < -0.4 is 0 Å². The lowest BCUT2D eigenvalue weighted by Gasteiger charge is -2.28. The minimum atomic E-state index is -0.382. The van der Waals surface area contributed by atoms with E-state index in [1.54, 1.807) is 19.2 Å². The van der Waals surface area contributed by atoms with Crippen molar-refractivity contribution in [1.82, 2.24) is 0 Å². The number of allylic oxidation sites excluding steroid dienone is 4. The second-order valence-electron chi connectivity index (χ2n) is 8.17. The van der Waals surface area contributed by atoms with Crippen molar-refractivity contribution in [1.29, 1.82) is 0 Å². The van der Waals surface area contributed by atoms with Crippen LogP contribution in [0.2, 0.25) is 0 Å². The summed E-state index contributed by atoms with van der Waals surface area (Å²) in [6.07, 6.45) is 10.8. The van der Waals surface area contributed by atoms with Crippen LogP contribution in [0.5, 0.6) is 0 Å². The smallest absolute Gasteiger partial charge is 0.185 e. The number of hydrogen-bond acceptors (Lipinski definition) is 3. The van der Waals surface area contributed by atoms with Gasteiger partial charge in [-0.3, -0.25) is 9.79 Å². The third-order valence-electron chi connectivity index (χ3n) is 5.84. The van der Waals surface area contributed by atoms with Gasteiger partial charge in [0.2, 0.25) is 0 Å². The van der Waals surface area contributed by atoms with Crippen LogP contribution in [0.15, 0.2) is 95.0 Å². The molecule has 2 aromatic carbocycles. The first-order valence-corrected chi connectivity index (χ1v) is 10.3. The van der Waals surface area contributed by atoms with Crippen molar-refractivity contribution in [2.45, 2.75) is 38.1 Å². The molecule has 2 atom stereocenters. The van der Waals surface area contributed by atoms with E-state index in [4.69, 9.17) is 0 Å². The molecule has 3 heteroatoms. The maximum Gasteiger partial charge on any atom is 0.185 e. The van der Waals surface area contributed by atoms with Crippen LogP contribution in [0.4, 0.5) is 0 Å². The highest BCUT2D eigenvalue weighted by Gasteiger charge is 2.32. The summed E-state index contributed by atoms with van der Waals surface area (Å²) in [5.41, 5.74) is 4.62. The molecule has 1 aliphatic carbocycles. The van der Waals surface area contributed by atoms with Gasteiger partial charge in [-0.15, -0.1) is 0 Å². The number of Topliss-reactive ketones (excluding diaryl/α,β-unsaturated/α-hetero) is 1. The maximum atomic E-state index is 12.8. The minimum Gasteiger partial charge on any atom is -0.300 e. The molecule has 0 aromatic heterocycles. The van der Waals surface area contributed by atoms with Crippen LogP contribution in [-0.4, -0.2) is 17.8 Å². The zero-order valence-corrected chi connectivity index (χ0v) is 17.3. The van der Waals surface area contributed by atoms with Crippen LogP contribution in [0.1, 0.15) is 43.0 Å². The van der Waals surface area contributed by atoms with E-state index in [1.807, 2.05) is 42.5 Å². The van der Waals surface area contributed by atoms with Crippen LogP contribution in [-0.2, 0) is 21.4 Å². The quantitative estimate of drug-likeness (QED) is 0.668. The Kier molecular flexibility index (Phi) is 5.45. The molecule has 4 rings (SSSR count). The van der Waals surface area contributed by atoms with Gasteiger partial charge in [0.15, 0.2) is 5.78 Å². The lowest BCUT2D eigenvalue weighted by atomic mass is 9.74. The predicted octanol–water partition coefficient (Wildman–Crippen LogP) is 5.28. The monoisotopic (exact) mass is 395 g/mol. The van der Waals surface area contributed by atoms with Gasteiger partial charge in [0.25, 0.3) is 0 Å². The highest BCUT2D eigenvalue weighted by atomic mass is 16.1. The second kappa shape index (κ2) is 8.19. The highest BCUT2D eigenvalue weighted by Crippen LogP contribution is 2.39. The molecule has 1 aliphatic heterocycles. The zero-order chi connectivity index (χ0) is 21.1. The number of carbonyl (C=O) groups is 2. The Morgan fingerprint density at radius 3 is 2.50 bits per heavy atom. The molecular formula is C27H25NO2. The molecule has 30 heavy (non-hydrogen) atoms. The van der Waals surface area contributed by atoms with Gasteiger partial charge in [-0.05, 0) is 54.7 Å². The van der Waals surface area contributed by atoms with Crippen LogP contribution >= 0.6 is 0 Å². The fourth-order valence-electron chi connectivity index (χ4n) is 4.03. The molecule has 2 unspecified atom stereocenters. The standard InChI is InChI=1S/C27H25NO2/c1-19(29)8-9-20-10-12-22(13-11-20)27(2)16-14-25(30)24(18-27)23-15-17-28-26(23)21-6-4-3-5-7-21/h3-7,10-18,26H,8-9H2,1-2H3. The molecule has 0 radical (unpaired) electrons. The first-order chi connectivity index (χ1) is 14.5. The number of carbonyl (C=O) groups excluding carboxylic acids is 2. The Labute approximate surface area is 177 Å². The fourth-order valence-corrected chi connectivity index (χ4v) is 4.03. The maximum absolute atomic E-state index is 12.8. The third-order valence-corrected chi connectivity index (χ3v) is 5.84. The number of nitrogens with zero attached hydrogens (tertiary/aromatic N) is 1. The number of rotatable bonds is 6. The van der Waals surface area contributed by atoms with Gasteiger partial charge < -0.3 is 4.79 Å².